The second kappa shape index (κ2) is 5.29. The molecule has 1 amide bonds. The number of nitrogens with one attached hydrogen (secondary N) is 1. The van der Waals surface area contributed by atoms with Crippen LogP contribution < -0.4 is 5.43 Å². The van der Waals surface area contributed by atoms with Crippen molar-refractivity contribution in [3.05, 3.63) is 44.4 Å². The zero-order chi connectivity index (χ0) is 12.3. The number of hydrogen-bond donors (Lipinski definition) is 1. The Kier molecular flexibility index (Phi) is 3.75. The first-order valence-corrected chi connectivity index (χ1v) is 6.41. The molecule has 0 aliphatic carbocycles. The molecule has 0 unspecified atom stereocenters. The van der Waals surface area contributed by atoms with Crippen molar-refractivity contribution in [1.82, 2.24) is 5.43 Å². The van der Waals surface area contributed by atoms with Crippen LogP contribution in [0.3, 0.4) is 0 Å². The second-order valence-electron chi connectivity index (χ2n) is 3.25. The molecule has 0 atom stereocenters. The molecule has 0 spiro atoms. The Morgan fingerprint density at radius 2 is 2.29 bits per heavy atom. The second-order valence-corrected chi connectivity index (χ2v) is 5.75. The van der Waals surface area contributed by atoms with Gasteiger partial charge in [-0.3, -0.25) is 4.79 Å². The molecular formula is C11H9BrN2O2S. The third-order valence-electron chi connectivity index (χ3n) is 1.92. The SMILES string of the molecule is Cc1ccc(C(=O)NN=Cc2ccc(Br)s2)o1. The van der Waals surface area contributed by atoms with Gasteiger partial charge in [-0.15, -0.1) is 11.3 Å². The van der Waals surface area contributed by atoms with Gasteiger partial charge in [0, 0.05) is 4.88 Å². The van der Waals surface area contributed by atoms with Gasteiger partial charge in [0.2, 0.25) is 0 Å². The number of aryl methyl sites for hydroxylation is 1. The molecule has 0 saturated carbocycles. The summed E-state index contributed by atoms with van der Waals surface area (Å²) in [7, 11) is 0. The molecule has 2 rings (SSSR count). The van der Waals surface area contributed by atoms with Gasteiger partial charge in [-0.25, -0.2) is 5.43 Å². The third-order valence-corrected chi connectivity index (χ3v) is 3.47. The fraction of sp³-hybridized carbons (Fsp3) is 0.0909. The van der Waals surface area contributed by atoms with Crippen LogP contribution in [0.25, 0.3) is 0 Å². The van der Waals surface area contributed by atoms with Gasteiger partial charge in [0.1, 0.15) is 5.76 Å². The fourth-order valence-electron chi connectivity index (χ4n) is 1.16. The summed E-state index contributed by atoms with van der Waals surface area (Å²) in [4.78, 5) is 12.5. The van der Waals surface area contributed by atoms with E-state index in [1.54, 1.807) is 25.3 Å². The van der Waals surface area contributed by atoms with Crippen molar-refractivity contribution in [2.45, 2.75) is 6.92 Å². The van der Waals surface area contributed by atoms with E-state index in [4.69, 9.17) is 4.42 Å². The Morgan fingerprint density at radius 3 is 2.88 bits per heavy atom. The van der Waals surface area contributed by atoms with Crippen LogP contribution in [0, 0.1) is 6.92 Å². The van der Waals surface area contributed by atoms with Crippen LogP contribution in [0.4, 0.5) is 0 Å². The average Bonchev–Trinajstić information content (AvgIpc) is 2.88. The topological polar surface area (TPSA) is 54.6 Å². The number of furan rings is 1. The lowest BCUT2D eigenvalue weighted by Gasteiger charge is -1.94. The zero-order valence-corrected chi connectivity index (χ0v) is 11.3. The maximum Gasteiger partial charge on any atom is 0.307 e. The highest BCUT2D eigenvalue weighted by molar-refractivity contribution is 9.11. The van der Waals surface area contributed by atoms with Crippen LogP contribution >= 0.6 is 27.3 Å². The first kappa shape index (κ1) is 12.1. The predicted molar refractivity (Wildman–Crippen MR) is 70.5 cm³/mol. The molecule has 0 aliphatic rings. The van der Waals surface area contributed by atoms with Crippen LogP contribution in [0.2, 0.25) is 0 Å². The minimum absolute atomic E-state index is 0.256. The first-order chi connectivity index (χ1) is 8.15. The molecule has 4 nitrogen and oxygen atoms in total. The average molecular weight is 313 g/mol. The lowest BCUT2D eigenvalue weighted by molar-refractivity contribution is 0.0926. The lowest BCUT2D eigenvalue weighted by Crippen LogP contribution is -2.16. The molecule has 0 bridgehead atoms. The molecule has 2 heterocycles. The number of amides is 1. The van der Waals surface area contributed by atoms with Gasteiger partial charge in [0.05, 0.1) is 10.0 Å². The van der Waals surface area contributed by atoms with Crippen molar-refractivity contribution in [3.8, 4) is 0 Å². The lowest BCUT2D eigenvalue weighted by atomic mass is 10.4. The Labute approximate surface area is 110 Å². The van der Waals surface area contributed by atoms with Crippen molar-refractivity contribution >= 4 is 39.4 Å². The summed E-state index contributed by atoms with van der Waals surface area (Å²) in [6, 6.07) is 7.17. The molecule has 6 heteroatoms. The van der Waals surface area contributed by atoms with Crippen LogP contribution in [0.5, 0.6) is 0 Å². The molecule has 2 aromatic heterocycles. The third kappa shape index (κ3) is 3.28. The minimum atomic E-state index is -0.357. The van der Waals surface area contributed by atoms with E-state index in [1.807, 2.05) is 12.1 Å². The van der Waals surface area contributed by atoms with E-state index in [2.05, 4.69) is 26.5 Å². The normalized spacial score (nSPS) is 10.9. The van der Waals surface area contributed by atoms with Gasteiger partial charge in [-0.1, -0.05) is 0 Å². The van der Waals surface area contributed by atoms with Crippen molar-refractivity contribution in [2.24, 2.45) is 5.10 Å². The molecule has 2 aromatic rings. The van der Waals surface area contributed by atoms with Gasteiger partial charge < -0.3 is 4.42 Å². The van der Waals surface area contributed by atoms with Gasteiger partial charge in [0.25, 0.3) is 0 Å². The number of hydrogen-bond acceptors (Lipinski definition) is 4. The van der Waals surface area contributed by atoms with Gasteiger partial charge >= 0.3 is 5.91 Å². The van der Waals surface area contributed by atoms with E-state index in [-0.39, 0.29) is 11.7 Å². The van der Waals surface area contributed by atoms with E-state index in [1.165, 1.54) is 11.3 Å². The summed E-state index contributed by atoms with van der Waals surface area (Å²) in [6.45, 7) is 1.78. The summed E-state index contributed by atoms with van der Waals surface area (Å²) >= 11 is 4.88. The minimum Gasteiger partial charge on any atom is -0.456 e. The highest BCUT2D eigenvalue weighted by Gasteiger charge is 2.07. The van der Waals surface area contributed by atoms with Crippen molar-refractivity contribution in [1.29, 1.82) is 0 Å². The van der Waals surface area contributed by atoms with E-state index >= 15 is 0 Å². The van der Waals surface area contributed by atoms with Crippen LogP contribution in [-0.2, 0) is 0 Å². The number of thiophene rings is 1. The summed E-state index contributed by atoms with van der Waals surface area (Å²) < 4.78 is 6.18. The maximum atomic E-state index is 11.5. The van der Waals surface area contributed by atoms with Gasteiger partial charge in [-0.05, 0) is 47.1 Å². The molecular weight excluding hydrogens is 304 g/mol. The fourth-order valence-corrected chi connectivity index (χ4v) is 2.46. The summed E-state index contributed by atoms with van der Waals surface area (Å²) in [5.74, 6) is 0.596. The Bertz CT molecular complexity index is 559. The standard InChI is InChI=1S/C11H9BrN2O2S/c1-7-2-4-9(16-7)11(15)14-13-6-8-3-5-10(12)17-8/h2-6H,1H3,(H,14,15). The predicted octanol–water partition coefficient (Wildman–Crippen LogP) is 3.18. The molecule has 0 radical (unpaired) electrons. The molecule has 1 N–H and O–H groups in total. The maximum absolute atomic E-state index is 11.5. The van der Waals surface area contributed by atoms with E-state index in [9.17, 15) is 4.79 Å². The number of carbonyl (C=O) groups is 1. The largest absolute Gasteiger partial charge is 0.456 e. The number of nitrogens with zero attached hydrogens (tertiary/aromatic N) is 1. The first-order valence-electron chi connectivity index (χ1n) is 4.80. The molecule has 0 aromatic carbocycles. The Balaban J connectivity index is 1.94. The summed E-state index contributed by atoms with van der Waals surface area (Å²) in [5, 5.41) is 3.85. The van der Waals surface area contributed by atoms with Crippen LogP contribution in [-0.4, -0.2) is 12.1 Å². The monoisotopic (exact) mass is 312 g/mol. The Hall–Kier alpha value is -1.40. The molecule has 17 heavy (non-hydrogen) atoms. The number of carbonyl (C=O) groups excluding carboxylic acids is 1. The smallest absolute Gasteiger partial charge is 0.307 e. The Morgan fingerprint density at radius 1 is 1.47 bits per heavy atom. The highest BCUT2D eigenvalue weighted by atomic mass is 79.9. The van der Waals surface area contributed by atoms with Gasteiger partial charge in [0.15, 0.2) is 5.76 Å². The molecule has 0 fully saturated rings. The van der Waals surface area contributed by atoms with E-state index in [0.717, 1.165) is 8.66 Å². The summed E-state index contributed by atoms with van der Waals surface area (Å²) in [6.07, 6.45) is 1.59. The number of hydrazone groups is 1. The quantitative estimate of drug-likeness (QED) is 0.699. The van der Waals surface area contributed by atoms with E-state index < -0.39 is 0 Å². The van der Waals surface area contributed by atoms with Crippen molar-refractivity contribution in [2.75, 3.05) is 0 Å². The zero-order valence-electron chi connectivity index (χ0n) is 8.94. The van der Waals surface area contributed by atoms with Gasteiger partial charge in [-0.2, -0.15) is 5.10 Å². The van der Waals surface area contributed by atoms with Crippen molar-refractivity contribution in [3.63, 3.8) is 0 Å². The molecule has 0 saturated heterocycles. The summed E-state index contributed by atoms with van der Waals surface area (Å²) in [5.41, 5.74) is 2.40. The molecule has 88 valence electrons. The number of halogens is 1. The van der Waals surface area contributed by atoms with Crippen molar-refractivity contribution < 1.29 is 9.21 Å². The van der Waals surface area contributed by atoms with E-state index in [0.29, 0.717) is 5.76 Å². The van der Waals surface area contributed by atoms with Crippen LogP contribution in [0.15, 0.2) is 37.6 Å². The molecule has 0 aliphatic heterocycles. The van der Waals surface area contributed by atoms with Crippen LogP contribution in [0.1, 0.15) is 21.2 Å². The number of rotatable bonds is 3. The highest BCUT2D eigenvalue weighted by Crippen LogP contribution is 2.20.